The fraction of sp³-hybridized carbons (Fsp3) is 0.0435. The number of nitrogens with one attached hydrogen (secondary N) is 1. The molecule has 0 saturated carbocycles. The smallest absolute Gasteiger partial charge is 0.271 e. The second-order valence-electron chi connectivity index (χ2n) is 6.39. The topological polar surface area (TPSA) is 74.2 Å². The number of ether oxygens (including phenoxy) is 1. The van der Waals surface area contributed by atoms with Crippen molar-refractivity contribution in [1.82, 2.24) is 0 Å². The number of hydrazone groups is 1. The number of carbonyl (C=O) groups excluding carboxylic acids is 1. The first-order chi connectivity index (χ1) is 14.7. The molecule has 3 aromatic carbocycles. The number of hydrogen-bond donors (Lipinski definition) is 2. The van der Waals surface area contributed by atoms with E-state index in [0.29, 0.717) is 15.8 Å². The standard InChI is InChI=1S/C23H19N3O3S/c1-29-20-14-16(12-13-19(20)27)15-21-22(28)26(18-10-6-3-7-11-18)23(30-21)25-24-17-8-4-2-5-9-17/h2-15,24,27H,1H3. The van der Waals surface area contributed by atoms with Crippen molar-refractivity contribution < 1.29 is 14.6 Å². The van der Waals surface area contributed by atoms with E-state index in [0.717, 1.165) is 16.9 Å². The van der Waals surface area contributed by atoms with Crippen molar-refractivity contribution in [2.24, 2.45) is 5.10 Å². The number of amides is 1. The predicted molar refractivity (Wildman–Crippen MR) is 122 cm³/mol. The summed E-state index contributed by atoms with van der Waals surface area (Å²) in [4.78, 5) is 15.3. The quantitative estimate of drug-likeness (QED) is 0.456. The lowest BCUT2D eigenvalue weighted by Crippen LogP contribution is -2.29. The van der Waals surface area contributed by atoms with Crippen molar-refractivity contribution in [3.8, 4) is 11.5 Å². The van der Waals surface area contributed by atoms with E-state index in [9.17, 15) is 9.90 Å². The van der Waals surface area contributed by atoms with Gasteiger partial charge in [0, 0.05) is 0 Å². The Bertz CT molecular complexity index is 1120. The largest absolute Gasteiger partial charge is 0.504 e. The van der Waals surface area contributed by atoms with E-state index in [4.69, 9.17) is 4.74 Å². The molecule has 6 nitrogen and oxygen atoms in total. The number of carbonyl (C=O) groups is 1. The van der Waals surface area contributed by atoms with E-state index in [1.807, 2.05) is 60.7 Å². The van der Waals surface area contributed by atoms with Gasteiger partial charge >= 0.3 is 0 Å². The minimum Gasteiger partial charge on any atom is -0.504 e. The molecule has 4 rings (SSSR count). The van der Waals surface area contributed by atoms with Crippen molar-refractivity contribution in [2.45, 2.75) is 0 Å². The lowest BCUT2D eigenvalue weighted by atomic mass is 10.2. The number of hydrogen-bond acceptors (Lipinski definition) is 6. The SMILES string of the molecule is COc1cc(C=C2SC(=NNc3ccccc3)N(c3ccccc3)C2=O)ccc1O. The van der Waals surface area contributed by atoms with Crippen LogP contribution >= 0.6 is 11.8 Å². The number of anilines is 2. The first-order valence-electron chi connectivity index (χ1n) is 9.20. The number of benzene rings is 3. The average molecular weight is 417 g/mol. The number of aromatic hydroxyl groups is 1. The van der Waals surface area contributed by atoms with Crippen molar-refractivity contribution in [3.63, 3.8) is 0 Å². The van der Waals surface area contributed by atoms with Crippen LogP contribution in [0.1, 0.15) is 5.56 Å². The van der Waals surface area contributed by atoms with Gasteiger partial charge in [0.15, 0.2) is 16.7 Å². The third-order valence-corrected chi connectivity index (χ3v) is 5.35. The molecule has 7 heteroatoms. The Kier molecular flexibility index (Phi) is 5.72. The number of methoxy groups -OCH3 is 1. The van der Waals surface area contributed by atoms with Crippen LogP contribution in [0.4, 0.5) is 11.4 Å². The van der Waals surface area contributed by atoms with Crippen LogP contribution in [0.3, 0.4) is 0 Å². The molecule has 0 spiro atoms. The van der Waals surface area contributed by atoms with Gasteiger partial charge in [-0.3, -0.25) is 15.1 Å². The van der Waals surface area contributed by atoms with Crippen molar-refractivity contribution in [1.29, 1.82) is 0 Å². The summed E-state index contributed by atoms with van der Waals surface area (Å²) in [5.41, 5.74) is 5.31. The van der Waals surface area contributed by atoms with Crippen LogP contribution in [-0.2, 0) is 4.79 Å². The van der Waals surface area contributed by atoms with Crippen molar-refractivity contribution >= 4 is 40.3 Å². The minimum absolute atomic E-state index is 0.0466. The van der Waals surface area contributed by atoms with Crippen molar-refractivity contribution in [3.05, 3.63) is 89.3 Å². The van der Waals surface area contributed by atoms with Gasteiger partial charge in [-0.1, -0.05) is 42.5 Å². The molecule has 3 aromatic rings. The molecule has 1 saturated heterocycles. The Morgan fingerprint density at radius 3 is 2.43 bits per heavy atom. The maximum Gasteiger partial charge on any atom is 0.271 e. The molecule has 30 heavy (non-hydrogen) atoms. The molecule has 0 atom stereocenters. The van der Waals surface area contributed by atoms with Crippen molar-refractivity contribution in [2.75, 3.05) is 17.4 Å². The lowest BCUT2D eigenvalue weighted by molar-refractivity contribution is -0.113. The van der Waals surface area contributed by atoms with E-state index < -0.39 is 0 Å². The van der Waals surface area contributed by atoms with Gasteiger partial charge in [-0.05, 0) is 59.8 Å². The third-order valence-electron chi connectivity index (χ3n) is 4.38. The molecule has 1 amide bonds. The Morgan fingerprint density at radius 2 is 1.73 bits per heavy atom. The van der Waals surface area contributed by atoms with E-state index in [2.05, 4.69) is 10.5 Å². The van der Waals surface area contributed by atoms with Crippen LogP contribution in [0.2, 0.25) is 0 Å². The van der Waals surface area contributed by atoms with Gasteiger partial charge in [-0.25, -0.2) is 0 Å². The minimum atomic E-state index is -0.174. The summed E-state index contributed by atoms with van der Waals surface area (Å²) in [5, 5.41) is 14.8. The zero-order chi connectivity index (χ0) is 20.9. The zero-order valence-electron chi connectivity index (χ0n) is 16.1. The summed E-state index contributed by atoms with van der Waals surface area (Å²) in [7, 11) is 1.48. The lowest BCUT2D eigenvalue weighted by Gasteiger charge is -2.15. The Labute approximate surface area is 178 Å². The Balaban J connectivity index is 1.69. The highest BCUT2D eigenvalue weighted by atomic mass is 32.2. The number of phenolic OH excluding ortho intramolecular Hbond substituents is 1. The first kappa shape index (κ1) is 19.6. The first-order valence-corrected chi connectivity index (χ1v) is 10.0. The normalized spacial score (nSPS) is 16.3. The van der Waals surface area contributed by atoms with E-state index >= 15 is 0 Å². The van der Waals surface area contributed by atoms with Gasteiger partial charge in [0.2, 0.25) is 0 Å². The highest BCUT2D eigenvalue weighted by Crippen LogP contribution is 2.37. The number of rotatable bonds is 5. The summed E-state index contributed by atoms with van der Waals surface area (Å²) in [6, 6.07) is 23.9. The molecule has 0 aromatic heterocycles. The Hall–Kier alpha value is -3.71. The van der Waals surface area contributed by atoms with Gasteiger partial charge in [0.05, 0.1) is 23.4 Å². The molecule has 1 aliphatic rings. The number of nitrogens with zero attached hydrogens (tertiary/aromatic N) is 2. The van der Waals surface area contributed by atoms with E-state index in [1.165, 1.54) is 24.9 Å². The summed E-state index contributed by atoms with van der Waals surface area (Å²) >= 11 is 1.28. The molecule has 1 aliphatic heterocycles. The highest BCUT2D eigenvalue weighted by molar-refractivity contribution is 8.19. The number of thioether (sulfide) groups is 1. The molecule has 0 radical (unpaired) electrons. The predicted octanol–water partition coefficient (Wildman–Crippen LogP) is 4.90. The molecular formula is C23H19N3O3S. The molecule has 150 valence electrons. The molecular weight excluding hydrogens is 398 g/mol. The molecule has 0 aliphatic carbocycles. The van der Waals surface area contributed by atoms with E-state index in [-0.39, 0.29) is 11.7 Å². The fourth-order valence-electron chi connectivity index (χ4n) is 2.91. The summed E-state index contributed by atoms with van der Waals surface area (Å²) < 4.78 is 5.16. The Morgan fingerprint density at radius 1 is 1.03 bits per heavy atom. The summed E-state index contributed by atoms with van der Waals surface area (Å²) in [6.45, 7) is 0. The van der Waals surface area contributed by atoms with E-state index in [1.54, 1.807) is 23.1 Å². The van der Waals surface area contributed by atoms with Gasteiger partial charge < -0.3 is 9.84 Å². The number of phenols is 1. The number of amidine groups is 1. The average Bonchev–Trinajstić information content (AvgIpc) is 3.10. The molecule has 1 fully saturated rings. The molecule has 0 bridgehead atoms. The highest BCUT2D eigenvalue weighted by Gasteiger charge is 2.34. The van der Waals surface area contributed by atoms with Crippen LogP contribution in [0, 0.1) is 0 Å². The monoisotopic (exact) mass is 417 g/mol. The van der Waals surface area contributed by atoms with Crippen LogP contribution in [0.25, 0.3) is 6.08 Å². The van der Waals surface area contributed by atoms with Crippen LogP contribution in [0.5, 0.6) is 11.5 Å². The second kappa shape index (κ2) is 8.75. The molecule has 0 unspecified atom stereocenters. The third kappa shape index (κ3) is 4.16. The van der Waals surface area contributed by atoms with Crippen LogP contribution in [0.15, 0.2) is 88.9 Å². The van der Waals surface area contributed by atoms with Crippen LogP contribution < -0.4 is 15.1 Å². The molecule has 1 heterocycles. The van der Waals surface area contributed by atoms with Gasteiger partial charge in [-0.2, -0.15) is 0 Å². The summed E-state index contributed by atoms with van der Waals surface area (Å²) in [5.74, 6) is 0.219. The molecule has 2 N–H and O–H groups in total. The van der Waals surface area contributed by atoms with Gasteiger partial charge in [0.25, 0.3) is 5.91 Å². The maximum atomic E-state index is 13.2. The van der Waals surface area contributed by atoms with Gasteiger partial charge in [-0.15, -0.1) is 5.10 Å². The summed E-state index contributed by atoms with van der Waals surface area (Å²) in [6.07, 6.45) is 1.76. The van der Waals surface area contributed by atoms with Crippen LogP contribution in [-0.4, -0.2) is 23.3 Å². The second-order valence-corrected chi connectivity index (χ2v) is 7.40. The number of para-hydroxylation sites is 2. The fourth-order valence-corrected chi connectivity index (χ4v) is 3.86. The maximum absolute atomic E-state index is 13.2. The zero-order valence-corrected chi connectivity index (χ0v) is 17.0. The van der Waals surface area contributed by atoms with Gasteiger partial charge in [0.1, 0.15) is 0 Å².